The second kappa shape index (κ2) is 6.22. The molecule has 0 aromatic rings. The Morgan fingerprint density at radius 1 is 1.41 bits per heavy atom. The van der Waals surface area contributed by atoms with Gasteiger partial charge in [-0.1, -0.05) is 0 Å². The molecule has 2 unspecified atom stereocenters. The Labute approximate surface area is 100 Å². The third-order valence-electron chi connectivity index (χ3n) is 2.05. The Bertz CT molecular complexity index is 295. The molecule has 0 radical (unpaired) electrons. The van der Waals surface area contributed by atoms with Crippen LogP contribution in [0.1, 0.15) is 34.1 Å². The van der Waals surface area contributed by atoms with Crippen LogP contribution in [0.4, 0.5) is 4.79 Å². The van der Waals surface area contributed by atoms with Gasteiger partial charge in [-0.3, -0.25) is 4.79 Å². The lowest BCUT2D eigenvalue weighted by atomic mass is 10.00. The van der Waals surface area contributed by atoms with Crippen molar-refractivity contribution in [1.29, 1.82) is 0 Å². The van der Waals surface area contributed by atoms with Gasteiger partial charge in [0.15, 0.2) is 0 Å². The number of ether oxygens (including phenoxy) is 1. The molecule has 0 fully saturated rings. The molecule has 0 heterocycles. The van der Waals surface area contributed by atoms with Crippen molar-refractivity contribution in [3.63, 3.8) is 0 Å². The summed E-state index contributed by atoms with van der Waals surface area (Å²) in [6, 6.07) is -0.764. The van der Waals surface area contributed by atoms with E-state index in [0.717, 1.165) is 0 Å². The fourth-order valence-corrected chi connectivity index (χ4v) is 1.12. The van der Waals surface area contributed by atoms with Gasteiger partial charge in [-0.15, -0.1) is 0 Å². The summed E-state index contributed by atoms with van der Waals surface area (Å²) in [7, 11) is 0. The molecule has 0 aliphatic rings. The average Bonchev–Trinajstić information content (AvgIpc) is 2.12. The van der Waals surface area contributed by atoms with E-state index in [4.69, 9.17) is 9.84 Å². The largest absolute Gasteiger partial charge is 0.481 e. The van der Waals surface area contributed by atoms with Crippen LogP contribution in [0.25, 0.3) is 0 Å². The standard InChI is InChI=1S/C11H19NO5/c1-7(9(14)15)8(5-6-13)12-10(16)17-11(2,3)4/h6-8H,5H2,1-4H3,(H,12,16)(H,14,15). The van der Waals surface area contributed by atoms with Crippen molar-refractivity contribution in [1.82, 2.24) is 5.32 Å². The zero-order valence-corrected chi connectivity index (χ0v) is 10.5. The van der Waals surface area contributed by atoms with Crippen molar-refractivity contribution in [3.8, 4) is 0 Å². The molecule has 0 aromatic carbocycles. The number of hydrogen-bond donors (Lipinski definition) is 2. The second-order valence-electron chi connectivity index (χ2n) is 4.78. The molecule has 0 saturated heterocycles. The quantitative estimate of drug-likeness (QED) is 0.710. The molecule has 0 saturated carbocycles. The van der Waals surface area contributed by atoms with Gasteiger partial charge in [0.05, 0.1) is 12.0 Å². The number of rotatable bonds is 5. The summed E-state index contributed by atoms with van der Waals surface area (Å²) in [5.41, 5.74) is -0.664. The van der Waals surface area contributed by atoms with Crippen LogP contribution in [0.15, 0.2) is 0 Å². The first-order chi connectivity index (χ1) is 7.67. The maximum absolute atomic E-state index is 11.4. The normalized spacial score (nSPS) is 14.6. The topological polar surface area (TPSA) is 92.7 Å². The molecule has 0 aromatic heterocycles. The van der Waals surface area contributed by atoms with Crippen LogP contribution in [0.5, 0.6) is 0 Å². The lowest BCUT2D eigenvalue weighted by Gasteiger charge is -2.24. The van der Waals surface area contributed by atoms with E-state index in [2.05, 4.69) is 5.32 Å². The molecular weight excluding hydrogens is 226 g/mol. The van der Waals surface area contributed by atoms with Gasteiger partial charge in [-0.05, 0) is 27.7 Å². The van der Waals surface area contributed by atoms with E-state index in [1.54, 1.807) is 20.8 Å². The first-order valence-corrected chi connectivity index (χ1v) is 5.33. The number of carbonyl (C=O) groups is 3. The summed E-state index contributed by atoms with van der Waals surface area (Å²) < 4.78 is 4.99. The molecule has 98 valence electrons. The van der Waals surface area contributed by atoms with Crippen molar-refractivity contribution < 1.29 is 24.2 Å². The first kappa shape index (κ1) is 15.4. The van der Waals surface area contributed by atoms with E-state index < -0.39 is 29.6 Å². The van der Waals surface area contributed by atoms with Crippen molar-refractivity contribution in [2.45, 2.75) is 45.8 Å². The van der Waals surface area contributed by atoms with E-state index in [1.165, 1.54) is 6.92 Å². The van der Waals surface area contributed by atoms with Gasteiger partial charge < -0.3 is 20.0 Å². The Hall–Kier alpha value is -1.59. The predicted molar refractivity (Wildman–Crippen MR) is 60.6 cm³/mol. The molecule has 6 heteroatoms. The third-order valence-corrected chi connectivity index (χ3v) is 2.05. The highest BCUT2D eigenvalue weighted by Gasteiger charge is 2.26. The number of carbonyl (C=O) groups excluding carboxylic acids is 2. The molecule has 6 nitrogen and oxygen atoms in total. The number of alkyl carbamates (subject to hydrolysis) is 1. The number of hydrogen-bond acceptors (Lipinski definition) is 4. The molecular formula is C11H19NO5. The summed E-state index contributed by atoms with van der Waals surface area (Å²) in [5.74, 6) is -1.93. The smallest absolute Gasteiger partial charge is 0.407 e. The van der Waals surface area contributed by atoms with Crippen LogP contribution >= 0.6 is 0 Å². The van der Waals surface area contributed by atoms with Crippen LogP contribution in [0.2, 0.25) is 0 Å². The van der Waals surface area contributed by atoms with Crippen LogP contribution in [0.3, 0.4) is 0 Å². The van der Waals surface area contributed by atoms with E-state index in [9.17, 15) is 14.4 Å². The molecule has 2 atom stereocenters. The van der Waals surface area contributed by atoms with Crippen molar-refractivity contribution >= 4 is 18.3 Å². The number of carboxylic acid groups (broad SMARTS) is 1. The van der Waals surface area contributed by atoms with Crippen molar-refractivity contribution in [3.05, 3.63) is 0 Å². The van der Waals surface area contributed by atoms with Crippen molar-refractivity contribution in [2.24, 2.45) is 5.92 Å². The third kappa shape index (κ3) is 6.55. The summed E-state index contributed by atoms with van der Waals surface area (Å²) in [6.07, 6.45) is -0.216. The number of carboxylic acids is 1. The van der Waals surface area contributed by atoms with Gasteiger partial charge in [0.25, 0.3) is 0 Å². The van der Waals surface area contributed by atoms with Gasteiger partial charge in [-0.25, -0.2) is 4.79 Å². The first-order valence-electron chi connectivity index (χ1n) is 5.33. The lowest BCUT2D eigenvalue weighted by Crippen LogP contribution is -2.44. The molecule has 0 bridgehead atoms. The summed E-state index contributed by atoms with van der Waals surface area (Å²) in [5, 5.41) is 11.2. The fourth-order valence-electron chi connectivity index (χ4n) is 1.12. The molecule has 0 rings (SSSR count). The summed E-state index contributed by atoms with van der Waals surface area (Å²) in [6.45, 7) is 6.51. The van der Waals surface area contributed by atoms with E-state index >= 15 is 0 Å². The Kier molecular flexibility index (Phi) is 5.64. The number of amides is 1. The van der Waals surface area contributed by atoms with Crippen LogP contribution in [0, 0.1) is 5.92 Å². The van der Waals surface area contributed by atoms with E-state index in [0.29, 0.717) is 6.29 Å². The molecule has 0 aliphatic heterocycles. The minimum absolute atomic E-state index is 0.0628. The minimum atomic E-state index is -1.08. The summed E-state index contributed by atoms with van der Waals surface area (Å²) in [4.78, 5) is 32.6. The molecule has 1 amide bonds. The highest BCUT2D eigenvalue weighted by Crippen LogP contribution is 2.10. The van der Waals surface area contributed by atoms with Gasteiger partial charge in [-0.2, -0.15) is 0 Å². The molecule has 17 heavy (non-hydrogen) atoms. The highest BCUT2D eigenvalue weighted by molar-refractivity contribution is 5.74. The van der Waals surface area contributed by atoms with Gasteiger partial charge in [0.1, 0.15) is 11.9 Å². The monoisotopic (exact) mass is 245 g/mol. The predicted octanol–water partition coefficient (Wildman–Crippen LogP) is 1.19. The van der Waals surface area contributed by atoms with Crippen LogP contribution in [-0.4, -0.2) is 35.1 Å². The maximum Gasteiger partial charge on any atom is 0.407 e. The lowest BCUT2D eigenvalue weighted by molar-refractivity contribution is -0.142. The molecule has 0 spiro atoms. The Morgan fingerprint density at radius 2 is 1.94 bits per heavy atom. The number of aldehydes is 1. The number of aliphatic carboxylic acids is 1. The van der Waals surface area contributed by atoms with E-state index in [-0.39, 0.29) is 6.42 Å². The van der Waals surface area contributed by atoms with Crippen LogP contribution < -0.4 is 5.32 Å². The highest BCUT2D eigenvalue weighted by atomic mass is 16.6. The molecule has 2 N–H and O–H groups in total. The zero-order valence-electron chi connectivity index (χ0n) is 10.5. The Morgan fingerprint density at radius 3 is 2.29 bits per heavy atom. The van der Waals surface area contributed by atoms with Crippen molar-refractivity contribution in [2.75, 3.05) is 0 Å². The van der Waals surface area contributed by atoms with Gasteiger partial charge in [0, 0.05) is 6.42 Å². The fraction of sp³-hybridized carbons (Fsp3) is 0.727. The average molecular weight is 245 g/mol. The van der Waals surface area contributed by atoms with Gasteiger partial charge in [0.2, 0.25) is 0 Å². The Balaban J connectivity index is 4.49. The minimum Gasteiger partial charge on any atom is -0.481 e. The maximum atomic E-state index is 11.4. The SMILES string of the molecule is CC(C(=O)O)C(CC=O)NC(=O)OC(C)(C)C. The van der Waals surface area contributed by atoms with E-state index in [1.807, 2.05) is 0 Å². The second-order valence-corrected chi connectivity index (χ2v) is 4.78. The van der Waals surface area contributed by atoms with Crippen LogP contribution in [-0.2, 0) is 14.3 Å². The zero-order chi connectivity index (χ0) is 13.6. The summed E-state index contributed by atoms with van der Waals surface area (Å²) >= 11 is 0. The van der Waals surface area contributed by atoms with Gasteiger partial charge >= 0.3 is 12.1 Å². The molecule has 0 aliphatic carbocycles. The number of nitrogens with one attached hydrogen (secondary N) is 1.